The predicted molar refractivity (Wildman–Crippen MR) is 73.8 cm³/mol. The van der Waals surface area contributed by atoms with Crippen LogP contribution >= 0.6 is 0 Å². The molecule has 2 N–H and O–H groups in total. The molecule has 0 aromatic rings. The Hall–Kier alpha value is -0.610. The molecule has 0 aliphatic carbocycles. The van der Waals surface area contributed by atoms with Crippen LogP contribution in [0.1, 0.15) is 46.0 Å². The fraction of sp³-hybridized carbons (Fsp3) is 0.929. The van der Waals surface area contributed by atoms with Gasteiger partial charge in [0.15, 0.2) is 0 Å². The first-order valence-electron chi connectivity index (χ1n) is 7.36. The van der Waals surface area contributed by atoms with Gasteiger partial charge in [0.05, 0.1) is 0 Å². The lowest BCUT2D eigenvalue weighted by Gasteiger charge is -2.33. The second-order valence-electron chi connectivity index (χ2n) is 5.35. The van der Waals surface area contributed by atoms with E-state index in [0.29, 0.717) is 5.92 Å². The maximum Gasteiger partial charge on any atom is 0.320 e. The molecular formula is C14H28N2O2. The van der Waals surface area contributed by atoms with Crippen LogP contribution in [-0.2, 0) is 4.79 Å². The first kappa shape index (κ1) is 15.4. The highest BCUT2D eigenvalue weighted by atomic mass is 16.4. The smallest absolute Gasteiger partial charge is 0.320 e. The van der Waals surface area contributed by atoms with Crippen molar-refractivity contribution in [1.82, 2.24) is 10.2 Å². The highest BCUT2D eigenvalue weighted by Crippen LogP contribution is 2.16. The van der Waals surface area contributed by atoms with E-state index in [1.807, 2.05) is 0 Å². The maximum atomic E-state index is 11.4. The zero-order valence-electron chi connectivity index (χ0n) is 11.8. The molecule has 2 atom stereocenters. The summed E-state index contributed by atoms with van der Waals surface area (Å²) in [6.45, 7) is 8.16. The van der Waals surface area contributed by atoms with Crippen molar-refractivity contribution in [3.63, 3.8) is 0 Å². The topological polar surface area (TPSA) is 52.6 Å². The molecule has 0 radical (unpaired) electrons. The molecule has 0 aromatic heterocycles. The van der Waals surface area contributed by atoms with Gasteiger partial charge in [0.1, 0.15) is 6.04 Å². The fourth-order valence-electron chi connectivity index (χ4n) is 2.81. The van der Waals surface area contributed by atoms with Gasteiger partial charge < -0.3 is 10.4 Å². The Labute approximate surface area is 111 Å². The van der Waals surface area contributed by atoms with Crippen LogP contribution in [0.25, 0.3) is 0 Å². The third-order valence-electron chi connectivity index (χ3n) is 3.69. The van der Waals surface area contributed by atoms with Crippen molar-refractivity contribution in [2.75, 3.05) is 26.2 Å². The quantitative estimate of drug-likeness (QED) is 0.697. The second-order valence-corrected chi connectivity index (χ2v) is 5.35. The van der Waals surface area contributed by atoms with E-state index >= 15 is 0 Å². The molecule has 1 aliphatic heterocycles. The number of aliphatic carboxylic acids is 1. The third kappa shape index (κ3) is 4.94. The molecule has 0 bridgehead atoms. The Morgan fingerprint density at radius 1 is 1.44 bits per heavy atom. The zero-order valence-corrected chi connectivity index (χ0v) is 11.8. The van der Waals surface area contributed by atoms with Gasteiger partial charge in [0.2, 0.25) is 0 Å². The molecule has 0 aromatic carbocycles. The van der Waals surface area contributed by atoms with Crippen LogP contribution in [0.5, 0.6) is 0 Å². The van der Waals surface area contributed by atoms with Crippen LogP contribution in [-0.4, -0.2) is 48.2 Å². The number of nitrogens with one attached hydrogen (secondary N) is 1. The Bertz CT molecular complexity index is 240. The molecular weight excluding hydrogens is 228 g/mol. The summed E-state index contributed by atoms with van der Waals surface area (Å²) in [4.78, 5) is 13.6. The van der Waals surface area contributed by atoms with E-state index in [0.717, 1.165) is 45.4 Å². The van der Waals surface area contributed by atoms with E-state index in [1.165, 1.54) is 12.8 Å². The number of carboxylic acids is 1. The Morgan fingerprint density at radius 2 is 2.22 bits per heavy atom. The summed E-state index contributed by atoms with van der Waals surface area (Å²) >= 11 is 0. The molecule has 2 unspecified atom stereocenters. The minimum atomic E-state index is -0.658. The van der Waals surface area contributed by atoms with Crippen molar-refractivity contribution in [1.29, 1.82) is 0 Å². The van der Waals surface area contributed by atoms with E-state index in [-0.39, 0.29) is 6.04 Å². The molecule has 1 aliphatic rings. The molecule has 0 spiro atoms. The predicted octanol–water partition coefficient (Wildman–Crippen LogP) is 1.95. The van der Waals surface area contributed by atoms with Gasteiger partial charge in [0, 0.05) is 6.54 Å². The van der Waals surface area contributed by atoms with Crippen molar-refractivity contribution < 1.29 is 9.90 Å². The first-order chi connectivity index (χ1) is 8.69. The molecule has 1 fully saturated rings. The Kier molecular flexibility index (Phi) is 7.28. The normalized spacial score (nSPS) is 22.1. The third-order valence-corrected chi connectivity index (χ3v) is 3.69. The molecule has 0 amide bonds. The first-order valence-corrected chi connectivity index (χ1v) is 7.36. The molecule has 0 saturated carbocycles. The van der Waals surface area contributed by atoms with E-state index in [2.05, 4.69) is 24.1 Å². The van der Waals surface area contributed by atoms with E-state index in [1.54, 1.807) is 0 Å². The van der Waals surface area contributed by atoms with E-state index in [9.17, 15) is 9.90 Å². The highest BCUT2D eigenvalue weighted by Gasteiger charge is 2.26. The van der Waals surface area contributed by atoms with Gasteiger partial charge in [0.25, 0.3) is 0 Å². The Balaban J connectivity index is 2.57. The lowest BCUT2D eigenvalue weighted by Crippen LogP contribution is -2.46. The molecule has 106 valence electrons. The monoisotopic (exact) mass is 256 g/mol. The number of hydrogen-bond donors (Lipinski definition) is 2. The summed E-state index contributed by atoms with van der Waals surface area (Å²) in [5.74, 6) is -0.0434. The second kappa shape index (κ2) is 8.48. The summed E-state index contributed by atoms with van der Waals surface area (Å²) in [6, 6.07) is -0.295. The number of hydrogen-bond acceptors (Lipinski definition) is 3. The van der Waals surface area contributed by atoms with Crippen LogP contribution < -0.4 is 5.32 Å². The summed E-state index contributed by atoms with van der Waals surface area (Å²) in [6.07, 6.45) is 5.16. The van der Waals surface area contributed by atoms with Crippen molar-refractivity contribution in [2.24, 2.45) is 5.92 Å². The lowest BCUT2D eigenvalue weighted by atomic mass is 9.97. The van der Waals surface area contributed by atoms with Crippen molar-refractivity contribution in [3.05, 3.63) is 0 Å². The van der Waals surface area contributed by atoms with Gasteiger partial charge in [-0.15, -0.1) is 0 Å². The van der Waals surface area contributed by atoms with Crippen LogP contribution in [0.2, 0.25) is 0 Å². The van der Waals surface area contributed by atoms with Gasteiger partial charge in [-0.2, -0.15) is 0 Å². The summed E-state index contributed by atoms with van der Waals surface area (Å²) in [5, 5.41) is 12.8. The highest BCUT2D eigenvalue weighted by molar-refractivity contribution is 5.73. The molecule has 18 heavy (non-hydrogen) atoms. The molecule has 4 heteroatoms. The minimum Gasteiger partial charge on any atom is -0.480 e. The minimum absolute atomic E-state index is 0.295. The fourth-order valence-corrected chi connectivity index (χ4v) is 2.81. The average molecular weight is 256 g/mol. The summed E-state index contributed by atoms with van der Waals surface area (Å²) in [5.41, 5.74) is 0. The van der Waals surface area contributed by atoms with Gasteiger partial charge in [-0.05, 0) is 51.2 Å². The largest absolute Gasteiger partial charge is 0.480 e. The number of rotatable bonds is 8. The SMILES string of the molecule is CCCC(C(=O)O)N(CCC)CC1CCCNC1. The zero-order chi connectivity index (χ0) is 13.4. The van der Waals surface area contributed by atoms with Crippen molar-refractivity contribution in [2.45, 2.75) is 52.0 Å². The van der Waals surface area contributed by atoms with Crippen LogP contribution in [0, 0.1) is 5.92 Å². The number of nitrogens with zero attached hydrogens (tertiary/aromatic N) is 1. The van der Waals surface area contributed by atoms with Crippen LogP contribution in [0.4, 0.5) is 0 Å². The van der Waals surface area contributed by atoms with Crippen LogP contribution in [0.15, 0.2) is 0 Å². The standard InChI is InChI=1S/C14H28N2O2/c1-3-6-13(14(17)18)16(9-4-2)11-12-7-5-8-15-10-12/h12-13,15H,3-11H2,1-2H3,(H,17,18). The average Bonchev–Trinajstić information content (AvgIpc) is 2.36. The van der Waals surface area contributed by atoms with Gasteiger partial charge in [-0.25, -0.2) is 0 Å². The molecule has 1 saturated heterocycles. The lowest BCUT2D eigenvalue weighted by molar-refractivity contribution is -0.144. The number of piperidine rings is 1. The van der Waals surface area contributed by atoms with Gasteiger partial charge >= 0.3 is 5.97 Å². The van der Waals surface area contributed by atoms with Crippen molar-refractivity contribution in [3.8, 4) is 0 Å². The van der Waals surface area contributed by atoms with Crippen LogP contribution in [0.3, 0.4) is 0 Å². The van der Waals surface area contributed by atoms with Crippen molar-refractivity contribution >= 4 is 5.97 Å². The maximum absolute atomic E-state index is 11.4. The summed E-state index contributed by atoms with van der Waals surface area (Å²) < 4.78 is 0. The molecule has 1 rings (SSSR count). The summed E-state index contributed by atoms with van der Waals surface area (Å²) in [7, 11) is 0. The van der Waals surface area contributed by atoms with Gasteiger partial charge in [-0.3, -0.25) is 9.69 Å². The van der Waals surface area contributed by atoms with Gasteiger partial charge in [-0.1, -0.05) is 20.3 Å². The van der Waals surface area contributed by atoms with E-state index in [4.69, 9.17) is 0 Å². The number of carboxylic acid groups (broad SMARTS) is 1. The molecule has 1 heterocycles. The van der Waals surface area contributed by atoms with E-state index < -0.39 is 5.97 Å². The number of carbonyl (C=O) groups is 1. The molecule has 4 nitrogen and oxygen atoms in total. The Morgan fingerprint density at radius 3 is 2.72 bits per heavy atom.